The monoisotopic (exact) mass is 315 g/mol. The second kappa shape index (κ2) is 5.96. The van der Waals surface area contributed by atoms with Gasteiger partial charge in [0.05, 0.1) is 6.20 Å². The van der Waals surface area contributed by atoms with Crippen LogP contribution >= 0.6 is 0 Å². The molecule has 0 spiro atoms. The molecule has 23 heavy (non-hydrogen) atoms. The first-order chi connectivity index (χ1) is 11.1. The summed E-state index contributed by atoms with van der Waals surface area (Å²) in [7, 11) is 0. The van der Waals surface area contributed by atoms with E-state index in [2.05, 4.69) is 15.5 Å². The molecule has 2 aromatic heterocycles. The quantitative estimate of drug-likeness (QED) is 0.802. The van der Waals surface area contributed by atoms with Gasteiger partial charge in [0.1, 0.15) is 17.1 Å². The van der Waals surface area contributed by atoms with Crippen LogP contribution in [0, 0.1) is 18.6 Å². The van der Waals surface area contributed by atoms with Gasteiger partial charge in [-0.25, -0.2) is 13.8 Å². The van der Waals surface area contributed by atoms with Gasteiger partial charge in [-0.1, -0.05) is 17.3 Å². The van der Waals surface area contributed by atoms with Crippen LogP contribution in [-0.2, 0) is 0 Å². The van der Waals surface area contributed by atoms with Gasteiger partial charge < -0.3 is 9.84 Å². The Hall–Kier alpha value is -3.09. The Bertz CT molecular complexity index is 860. The summed E-state index contributed by atoms with van der Waals surface area (Å²) >= 11 is 0. The second-order valence-electron chi connectivity index (χ2n) is 4.78. The standard InChI is InChI=1S/C16H11F2N3O2/c1-9-12(8-20-23-9)16(22)21-14-6-5-10(7-19-14)11-3-2-4-13(17)15(11)18/h2-8H,1H3,(H,19,21,22). The molecule has 0 aliphatic heterocycles. The van der Waals surface area contributed by atoms with Crippen molar-refractivity contribution in [3.8, 4) is 11.1 Å². The van der Waals surface area contributed by atoms with E-state index in [1.165, 1.54) is 30.6 Å². The van der Waals surface area contributed by atoms with E-state index in [1.807, 2.05) is 0 Å². The minimum absolute atomic E-state index is 0.102. The molecule has 3 aromatic rings. The van der Waals surface area contributed by atoms with E-state index in [1.54, 1.807) is 13.0 Å². The number of carbonyl (C=O) groups is 1. The highest BCUT2D eigenvalue weighted by Gasteiger charge is 2.14. The molecule has 1 N–H and O–H groups in total. The molecule has 1 amide bonds. The van der Waals surface area contributed by atoms with E-state index in [4.69, 9.17) is 4.52 Å². The molecular weight excluding hydrogens is 304 g/mol. The SMILES string of the molecule is Cc1oncc1C(=O)Nc1ccc(-c2cccc(F)c2F)cn1. The fraction of sp³-hybridized carbons (Fsp3) is 0.0625. The van der Waals surface area contributed by atoms with E-state index in [9.17, 15) is 13.6 Å². The summed E-state index contributed by atoms with van der Waals surface area (Å²) in [6.45, 7) is 1.62. The fourth-order valence-electron chi connectivity index (χ4n) is 2.05. The Balaban J connectivity index is 1.81. The Morgan fingerprint density at radius 1 is 1.17 bits per heavy atom. The normalized spacial score (nSPS) is 10.6. The largest absolute Gasteiger partial charge is 0.361 e. The van der Waals surface area contributed by atoms with Gasteiger partial charge in [-0.15, -0.1) is 0 Å². The van der Waals surface area contributed by atoms with E-state index in [0.717, 1.165) is 6.07 Å². The highest BCUT2D eigenvalue weighted by Crippen LogP contribution is 2.24. The van der Waals surface area contributed by atoms with Gasteiger partial charge in [-0.3, -0.25) is 4.79 Å². The summed E-state index contributed by atoms with van der Waals surface area (Å²) in [5, 5.41) is 6.09. The zero-order chi connectivity index (χ0) is 16.4. The molecule has 116 valence electrons. The van der Waals surface area contributed by atoms with Crippen molar-refractivity contribution in [2.24, 2.45) is 0 Å². The molecule has 0 atom stereocenters. The van der Waals surface area contributed by atoms with Crippen LogP contribution in [0.1, 0.15) is 16.1 Å². The van der Waals surface area contributed by atoms with Crippen LogP contribution in [0.2, 0.25) is 0 Å². The number of hydrogen-bond acceptors (Lipinski definition) is 4. The maximum absolute atomic E-state index is 13.7. The van der Waals surface area contributed by atoms with Gasteiger partial charge in [-0.05, 0) is 25.1 Å². The molecule has 0 bridgehead atoms. The molecule has 0 saturated carbocycles. The van der Waals surface area contributed by atoms with Crippen LogP contribution in [0.5, 0.6) is 0 Å². The van der Waals surface area contributed by atoms with Crippen LogP contribution in [-0.4, -0.2) is 16.0 Å². The maximum atomic E-state index is 13.7. The number of pyridine rings is 1. The molecule has 0 unspecified atom stereocenters. The number of aromatic nitrogens is 2. The van der Waals surface area contributed by atoms with E-state index >= 15 is 0 Å². The van der Waals surface area contributed by atoms with Crippen molar-refractivity contribution in [3.63, 3.8) is 0 Å². The molecule has 0 aliphatic rings. The average molecular weight is 315 g/mol. The number of hydrogen-bond donors (Lipinski definition) is 1. The lowest BCUT2D eigenvalue weighted by Gasteiger charge is -2.06. The lowest BCUT2D eigenvalue weighted by Crippen LogP contribution is -2.13. The Morgan fingerprint density at radius 2 is 2.00 bits per heavy atom. The minimum Gasteiger partial charge on any atom is -0.361 e. The Morgan fingerprint density at radius 3 is 2.65 bits per heavy atom. The number of nitrogens with one attached hydrogen (secondary N) is 1. The molecule has 5 nitrogen and oxygen atoms in total. The van der Waals surface area contributed by atoms with Crippen LogP contribution in [0.4, 0.5) is 14.6 Å². The summed E-state index contributed by atoms with van der Waals surface area (Å²) < 4.78 is 31.8. The molecule has 3 rings (SSSR count). The third-order valence-electron chi connectivity index (χ3n) is 3.26. The summed E-state index contributed by atoms with van der Waals surface area (Å²) in [5.41, 5.74) is 0.804. The summed E-state index contributed by atoms with van der Waals surface area (Å²) in [5.74, 6) is -1.62. The number of aryl methyl sites for hydroxylation is 1. The maximum Gasteiger partial charge on any atom is 0.262 e. The predicted octanol–water partition coefficient (Wildman–Crippen LogP) is 3.58. The van der Waals surface area contributed by atoms with Crippen LogP contribution in [0.25, 0.3) is 11.1 Å². The topological polar surface area (TPSA) is 68.0 Å². The summed E-state index contributed by atoms with van der Waals surface area (Å²) in [6, 6.07) is 6.95. The van der Waals surface area contributed by atoms with Gasteiger partial charge in [0, 0.05) is 17.3 Å². The highest BCUT2D eigenvalue weighted by atomic mass is 19.2. The molecule has 0 fully saturated rings. The number of amides is 1. The summed E-state index contributed by atoms with van der Waals surface area (Å²) in [4.78, 5) is 16.0. The average Bonchev–Trinajstić information content (AvgIpc) is 2.97. The van der Waals surface area contributed by atoms with E-state index in [-0.39, 0.29) is 11.4 Å². The third kappa shape index (κ3) is 2.94. The first-order valence-electron chi connectivity index (χ1n) is 6.69. The van der Waals surface area contributed by atoms with Crippen LogP contribution in [0.3, 0.4) is 0 Å². The highest BCUT2D eigenvalue weighted by molar-refractivity contribution is 6.04. The zero-order valence-corrected chi connectivity index (χ0v) is 12.0. The Labute approximate surface area is 130 Å². The van der Waals surface area contributed by atoms with Crippen molar-refractivity contribution in [2.75, 3.05) is 5.32 Å². The predicted molar refractivity (Wildman–Crippen MR) is 78.8 cm³/mol. The van der Waals surface area contributed by atoms with Crippen molar-refractivity contribution in [1.29, 1.82) is 0 Å². The smallest absolute Gasteiger partial charge is 0.262 e. The number of halogens is 2. The molecule has 1 aromatic carbocycles. The fourth-order valence-corrected chi connectivity index (χ4v) is 2.05. The van der Waals surface area contributed by atoms with E-state index < -0.39 is 17.5 Å². The first kappa shape index (κ1) is 14.8. The van der Waals surface area contributed by atoms with Crippen molar-refractivity contribution >= 4 is 11.7 Å². The van der Waals surface area contributed by atoms with Gasteiger partial charge in [0.25, 0.3) is 5.91 Å². The van der Waals surface area contributed by atoms with E-state index in [0.29, 0.717) is 16.9 Å². The van der Waals surface area contributed by atoms with Crippen molar-refractivity contribution in [1.82, 2.24) is 10.1 Å². The third-order valence-corrected chi connectivity index (χ3v) is 3.26. The molecule has 2 heterocycles. The number of rotatable bonds is 3. The zero-order valence-electron chi connectivity index (χ0n) is 12.0. The van der Waals surface area contributed by atoms with Crippen molar-refractivity contribution in [2.45, 2.75) is 6.92 Å². The van der Waals surface area contributed by atoms with Gasteiger partial charge in [0.2, 0.25) is 0 Å². The first-order valence-corrected chi connectivity index (χ1v) is 6.69. The van der Waals surface area contributed by atoms with Gasteiger partial charge in [0.15, 0.2) is 11.6 Å². The number of carbonyl (C=O) groups excluding carboxylic acids is 1. The van der Waals surface area contributed by atoms with Gasteiger partial charge in [-0.2, -0.15) is 0 Å². The van der Waals surface area contributed by atoms with Crippen molar-refractivity contribution < 1.29 is 18.1 Å². The lowest BCUT2D eigenvalue weighted by atomic mass is 10.1. The molecule has 0 radical (unpaired) electrons. The molecule has 7 heteroatoms. The Kier molecular flexibility index (Phi) is 3.84. The summed E-state index contributed by atoms with van der Waals surface area (Å²) in [6.07, 6.45) is 2.66. The van der Waals surface area contributed by atoms with Crippen LogP contribution in [0.15, 0.2) is 47.2 Å². The van der Waals surface area contributed by atoms with Crippen LogP contribution < -0.4 is 5.32 Å². The number of anilines is 1. The van der Waals surface area contributed by atoms with Crippen molar-refractivity contribution in [3.05, 3.63) is 65.7 Å². The molecular formula is C16H11F2N3O2. The molecule has 0 saturated heterocycles. The number of benzene rings is 1. The second-order valence-corrected chi connectivity index (χ2v) is 4.78. The molecule has 0 aliphatic carbocycles. The minimum atomic E-state index is -0.939. The number of nitrogens with zero attached hydrogens (tertiary/aromatic N) is 2. The lowest BCUT2D eigenvalue weighted by molar-refractivity contribution is 0.102. The van der Waals surface area contributed by atoms with Gasteiger partial charge >= 0.3 is 0 Å².